The highest BCUT2D eigenvalue weighted by Gasteiger charge is 2.27. The molecule has 0 atom stereocenters. The van der Waals surface area contributed by atoms with Crippen LogP contribution in [0, 0.1) is 13.8 Å². The Labute approximate surface area is 164 Å². The predicted octanol–water partition coefficient (Wildman–Crippen LogP) is 1.61. The minimum absolute atomic E-state index is 0.0724. The van der Waals surface area contributed by atoms with Crippen molar-refractivity contribution in [2.75, 3.05) is 33.3 Å². The smallest absolute Gasteiger partial charge is 0.263 e. The summed E-state index contributed by atoms with van der Waals surface area (Å²) >= 11 is 0. The van der Waals surface area contributed by atoms with E-state index in [1.807, 2.05) is 13.8 Å². The number of carbonyl (C=O) groups excluding carboxylic acids is 2. The van der Waals surface area contributed by atoms with Crippen molar-refractivity contribution < 1.29 is 14.3 Å². The maximum absolute atomic E-state index is 12.8. The normalized spacial score (nSPS) is 14.1. The molecule has 7 nitrogen and oxygen atoms in total. The fourth-order valence-electron chi connectivity index (χ4n) is 3.33. The number of carbonyl (C=O) groups is 2. The van der Waals surface area contributed by atoms with Crippen LogP contribution in [0.25, 0.3) is 0 Å². The number of benzene rings is 1. The lowest BCUT2D eigenvalue weighted by molar-refractivity contribution is 0.0534. The Morgan fingerprint density at radius 2 is 1.46 bits per heavy atom. The molecule has 2 aromatic rings. The molecule has 1 fully saturated rings. The van der Waals surface area contributed by atoms with Gasteiger partial charge in [0.25, 0.3) is 17.4 Å². The topological polar surface area (TPSA) is 71.8 Å². The van der Waals surface area contributed by atoms with Crippen LogP contribution in [-0.4, -0.2) is 59.5 Å². The molecular formula is C21H25N3O4. The summed E-state index contributed by atoms with van der Waals surface area (Å²) in [6.07, 6.45) is 0. The van der Waals surface area contributed by atoms with Gasteiger partial charge < -0.3 is 19.1 Å². The number of methoxy groups -OCH3 is 1. The fraction of sp³-hybridized carbons (Fsp3) is 0.381. The molecule has 3 rings (SSSR count). The molecule has 1 aliphatic rings. The van der Waals surface area contributed by atoms with E-state index in [-0.39, 0.29) is 22.9 Å². The Morgan fingerprint density at radius 3 is 2.00 bits per heavy atom. The fourth-order valence-corrected chi connectivity index (χ4v) is 3.33. The van der Waals surface area contributed by atoms with Gasteiger partial charge in [0, 0.05) is 44.5 Å². The molecule has 0 N–H and O–H groups in total. The van der Waals surface area contributed by atoms with Gasteiger partial charge in [0.15, 0.2) is 0 Å². The zero-order chi connectivity index (χ0) is 20.4. The summed E-state index contributed by atoms with van der Waals surface area (Å²) in [4.78, 5) is 41.3. The lowest BCUT2D eigenvalue weighted by atomic mass is 10.1. The number of nitrogens with zero attached hydrogens (tertiary/aromatic N) is 3. The van der Waals surface area contributed by atoms with E-state index < -0.39 is 0 Å². The van der Waals surface area contributed by atoms with Crippen molar-refractivity contribution >= 4 is 11.8 Å². The highest BCUT2D eigenvalue weighted by molar-refractivity contribution is 5.96. The van der Waals surface area contributed by atoms with Crippen molar-refractivity contribution in [2.45, 2.75) is 13.8 Å². The summed E-state index contributed by atoms with van der Waals surface area (Å²) in [5, 5.41) is 0. The number of ether oxygens (including phenoxy) is 1. The molecule has 1 aromatic heterocycles. The zero-order valence-electron chi connectivity index (χ0n) is 16.7. The largest absolute Gasteiger partial charge is 0.497 e. The number of hydrogen-bond acceptors (Lipinski definition) is 4. The van der Waals surface area contributed by atoms with E-state index >= 15 is 0 Å². The average Bonchev–Trinajstić information content (AvgIpc) is 2.74. The van der Waals surface area contributed by atoms with Gasteiger partial charge in [0.05, 0.1) is 7.11 Å². The molecule has 0 unspecified atom stereocenters. The maximum Gasteiger partial charge on any atom is 0.263 e. The molecule has 2 heterocycles. The number of piperazine rings is 1. The average molecular weight is 383 g/mol. The SMILES string of the molecule is COc1ccc(C(=O)N2CCN(C(=O)c3cc(C)c(C)n(C)c3=O)CC2)cc1. The molecule has 0 saturated carbocycles. The van der Waals surface area contributed by atoms with Gasteiger partial charge >= 0.3 is 0 Å². The Bertz CT molecular complexity index is 955. The van der Waals surface area contributed by atoms with E-state index in [4.69, 9.17) is 4.74 Å². The molecule has 0 radical (unpaired) electrons. The number of amides is 2. The van der Waals surface area contributed by atoms with Crippen LogP contribution in [-0.2, 0) is 7.05 Å². The molecule has 1 saturated heterocycles. The summed E-state index contributed by atoms with van der Waals surface area (Å²) in [6.45, 7) is 5.41. The van der Waals surface area contributed by atoms with Gasteiger partial charge in [-0.25, -0.2) is 0 Å². The predicted molar refractivity (Wildman–Crippen MR) is 106 cm³/mol. The number of rotatable bonds is 3. The Hall–Kier alpha value is -3.09. The Balaban J connectivity index is 1.69. The highest BCUT2D eigenvalue weighted by atomic mass is 16.5. The summed E-state index contributed by atoms with van der Waals surface area (Å²) < 4.78 is 6.62. The first kappa shape index (κ1) is 19.7. The first-order valence-electron chi connectivity index (χ1n) is 9.23. The van der Waals surface area contributed by atoms with E-state index in [1.165, 1.54) is 4.57 Å². The van der Waals surface area contributed by atoms with Crippen LogP contribution in [0.3, 0.4) is 0 Å². The van der Waals surface area contributed by atoms with Gasteiger partial charge in [-0.3, -0.25) is 14.4 Å². The van der Waals surface area contributed by atoms with E-state index in [2.05, 4.69) is 0 Å². The molecular weight excluding hydrogens is 358 g/mol. The van der Waals surface area contributed by atoms with Crippen molar-refractivity contribution in [3.8, 4) is 5.75 Å². The summed E-state index contributed by atoms with van der Waals surface area (Å²) in [5.41, 5.74) is 2.23. The zero-order valence-corrected chi connectivity index (χ0v) is 16.7. The summed E-state index contributed by atoms with van der Waals surface area (Å²) in [6, 6.07) is 8.63. The molecule has 2 amide bonds. The molecule has 1 aliphatic heterocycles. The molecule has 1 aromatic carbocycles. The van der Waals surface area contributed by atoms with E-state index in [1.54, 1.807) is 54.3 Å². The van der Waals surface area contributed by atoms with Crippen molar-refractivity contribution in [1.29, 1.82) is 0 Å². The van der Waals surface area contributed by atoms with Crippen molar-refractivity contribution in [3.05, 3.63) is 63.1 Å². The number of aryl methyl sites for hydroxylation is 1. The van der Waals surface area contributed by atoms with Crippen LogP contribution in [0.15, 0.2) is 35.1 Å². The Kier molecular flexibility index (Phi) is 5.53. The van der Waals surface area contributed by atoms with Crippen molar-refractivity contribution in [1.82, 2.24) is 14.4 Å². The van der Waals surface area contributed by atoms with Crippen LogP contribution >= 0.6 is 0 Å². The van der Waals surface area contributed by atoms with Gasteiger partial charge in [0.1, 0.15) is 11.3 Å². The third-order valence-corrected chi connectivity index (χ3v) is 5.39. The first-order valence-corrected chi connectivity index (χ1v) is 9.23. The standard InChI is InChI=1S/C21H25N3O4/c1-14-13-18(20(26)22(3)15(14)2)21(27)24-11-9-23(10-12-24)19(25)16-5-7-17(28-4)8-6-16/h5-8,13H,9-12H2,1-4H3. The molecule has 0 spiro atoms. The van der Waals surface area contributed by atoms with E-state index in [9.17, 15) is 14.4 Å². The van der Waals surface area contributed by atoms with Crippen LogP contribution in [0.2, 0.25) is 0 Å². The van der Waals surface area contributed by atoms with E-state index in [0.717, 1.165) is 11.3 Å². The molecule has 7 heteroatoms. The maximum atomic E-state index is 12.8. The second-order valence-electron chi connectivity index (χ2n) is 7.00. The lowest BCUT2D eigenvalue weighted by Crippen LogP contribution is -2.51. The van der Waals surface area contributed by atoms with E-state index in [0.29, 0.717) is 37.5 Å². The summed E-state index contributed by atoms with van der Waals surface area (Å²) in [7, 11) is 3.25. The van der Waals surface area contributed by atoms with Crippen LogP contribution in [0.4, 0.5) is 0 Å². The molecule has 28 heavy (non-hydrogen) atoms. The van der Waals surface area contributed by atoms with Gasteiger partial charge in [-0.05, 0) is 49.7 Å². The quantitative estimate of drug-likeness (QED) is 0.807. The number of pyridine rings is 1. The highest BCUT2D eigenvalue weighted by Crippen LogP contribution is 2.15. The molecule has 148 valence electrons. The summed E-state index contributed by atoms with van der Waals surface area (Å²) in [5.74, 6) is 0.346. The molecule has 0 aliphatic carbocycles. The van der Waals surface area contributed by atoms with Gasteiger partial charge in [-0.2, -0.15) is 0 Å². The Morgan fingerprint density at radius 1 is 0.929 bits per heavy atom. The first-order chi connectivity index (χ1) is 13.3. The number of aromatic nitrogens is 1. The molecule has 0 bridgehead atoms. The third-order valence-electron chi connectivity index (χ3n) is 5.39. The van der Waals surface area contributed by atoms with Crippen LogP contribution < -0.4 is 10.3 Å². The van der Waals surface area contributed by atoms with Crippen molar-refractivity contribution in [3.63, 3.8) is 0 Å². The monoisotopic (exact) mass is 383 g/mol. The second-order valence-corrected chi connectivity index (χ2v) is 7.00. The van der Waals surface area contributed by atoms with Crippen LogP contribution in [0.1, 0.15) is 32.0 Å². The van der Waals surface area contributed by atoms with Crippen molar-refractivity contribution in [2.24, 2.45) is 7.05 Å². The second kappa shape index (κ2) is 7.88. The number of hydrogen-bond donors (Lipinski definition) is 0. The minimum atomic E-state index is -0.287. The van der Waals surface area contributed by atoms with Gasteiger partial charge in [0.2, 0.25) is 0 Å². The van der Waals surface area contributed by atoms with Gasteiger partial charge in [-0.1, -0.05) is 0 Å². The minimum Gasteiger partial charge on any atom is -0.497 e. The van der Waals surface area contributed by atoms with Gasteiger partial charge in [-0.15, -0.1) is 0 Å². The third kappa shape index (κ3) is 3.65. The van der Waals surface area contributed by atoms with Crippen LogP contribution in [0.5, 0.6) is 5.75 Å². The lowest BCUT2D eigenvalue weighted by Gasteiger charge is -2.34.